The zero-order chi connectivity index (χ0) is 18.7. The van der Waals surface area contributed by atoms with Crippen molar-refractivity contribution in [2.45, 2.75) is 26.7 Å². The molecule has 11 heteroatoms. The Balaban J connectivity index is -0.000000329. The minimum Gasteiger partial charge on any atom is -0.480 e. The van der Waals surface area contributed by atoms with Gasteiger partial charge >= 0.3 is 13.8 Å². The standard InChI is InChI=1S/C10H25N3.C2H5NO2.H3O4P/c1-3-8-13(9-4-2)10-7-12-6-5-11;3-1-2(4)5;1-5(2,3)4/h12H,3-11H2,1-2H3;1,3H2,(H,4,5);(H3,1,2,3,4). The molecule has 10 nitrogen and oxygen atoms in total. The van der Waals surface area contributed by atoms with Crippen LogP contribution in [-0.4, -0.2) is 76.5 Å². The molecule has 0 saturated carbocycles. The normalized spacial score (nSPS) is 10.4. The fourth-order valence-electron chi connectivity index (χ4n) is 1.43. The first-order valence-corrected chi connectivity index (χ1v) is 9.02. The molecule has 0 aliphatic rings. The van der Waals surface area contributed by atoms with Gasteiger partial charge in [-0.15, -0.1) is 0 Å². The van der Waals surface area contributed by atoms with Crippen molar-refractivity contribution in [2.24, 2.45) is 11.5 Å². The van der Waals surface area contributed by atoms with Gasteiger partial charge in [-0.2, -0.15) is 0 Å². The van der Waals surface area contributed by atoms with Crippen LogP contribution in [0.25, 0.3) is 0 Å². The van der Waals surface area contributed by atoms with Crippen LogP contribution < -0.4 is 16.8 Å². The first-order valence-electron chi connectivity index (χ1n) is 7.45. The molecule has 0 aliphatic heterocycles. The molecule has 9 N–H and O–H groups in total. The zero-order valence-corrected chi connectivity index (χ0v) is 14.9. The van der Waals surface area contributed by atoms with Gasteiger partial charge in [0.05, 0.1) is 6.54 Å². The van der Waals surface area contributed by atoms with Gasteiger partial charge in [0, 0.05) is 26.2 Å². The van der Waals surface area contributed by atoms with Crippen molar-refractivity contribution in [3.05, 3.63) is 0 Å². The van der Waals surface area contributed by atoms with Gasteiger partial charge in [-0.25, -0.2) is 4.57 Å². The van der Waals surface area contributed by atoms with Crippen molar-refractivity contribution >= 4 is 13.8 Å². The molecule has 0 aliphatic carbocycles. The molecule has 0 fully saturated rings. The molecule has 0 aromatic heterocycles. The summed E-state index contributed by atoms with van der Waals surface area (Å²) in [7, 11) is -4.64. The molecule has 0 saturated heterocycles. The lowest BCUT2D eigenvalue weighted by atomic mass is 10.3. The summed E-state index contributed by atoms with van der Waals surface area (Å²) in [6.07, 6.45) is 2.49. The summed E-state index contributed by atoms with van der Waals surface area (Å²) in [6, 6.07) is 0. The fourth-order valence-corrected chi connectivity index (χ4v) is 1.43. The summed E-state index contributed by atoms with van der Waals surface area (Å²) in [5.41, 5.74) is 9.96. The van der Waals surface area contributed by atoms with E-state index in [0.717, 1.165) is 26.2 Å². The molecular formula is C12H33N4O6P. The van der Waals surface area contributed by atoms with Crippen molar-refractivity contribution in [1.82, 2.24) is 10.2 Å². The van der Waals surface area contributed by atoms with Gasteiger partial charge in [-0.1, -0.05) is 13.8 Å². The molecule has 0 atom stereocenters. The summed E-state index contributed by atoms with van der Waals surface area (Å²) in [5, 5.41) is 10.9. The number of aliphatic carboxylic acids is 1. The topological polar surface area (TPSA) is 182 Å². The first-order chi connectivity index (χ1) is 10.6. The predicted molar refractivity (Wildman–Crippen MR) is 89.9 cm³/mol. The van der Waals surface area contributed by atoms with Gasteiger partial charge in [0.2, 0.25) is 0 Å². The summed E-state index contributed by atoms with van der Waals surface area (Å²) >= 11 is 0. The molecule has 0 radical (unpaired) electrons. The van der Waals surface area contributed by atoms with Gasteiger partial charge in [-0.3, -0.25) is 4.79 Å². The largest absolute Gasteiger partial charge is 0.480 e. The molecule has 0 heterocycles. The van der Waals surface area contributed by atoms with E-state index in [9.17, 15) is 4.79 Å². The number of nitrogens with one attached hydrogen (secondary N) is 1. The molecule has 23 heavy (non-hydrogen) atoms. The molecule has 0 aromatic carbocycles. The molecular weight excluding hydrogens is 327 g/mol. The number of phosphoric acid groups is 1. The Hall–Kier alpha value is -0.580. The van der Waals surface area contributed by atoms with Crippen molar-refractivity contribution < 1.29 is 29.1 Å². The third kappa shape index (κ3) is 44.9. The SMILES string of the molecule is CCCN(CCC)CCNCCN.NCC(=O)O.O=P(O)(O)O. The highest BCUT2D eigenvalue weighted by atomic mass is 31.2. The van der Waals surface area contributed by atoms with Crippen molar-refractivity contribution in [3.63, 3.8) is 0 Å². The Morgan fingerprint density at radius 1 is 1.04 bits per heavy atom. The highest BCUT2D eigenvalue weighted by molar-refractivity contribution is 7.45. The van der Waals surface area contributed by atoms with Crippen molar-refractivity contribution in [1.29, 1.82) is 0 Å². The highest BCUT2D eigenvalue weighted by Gasteiger charge is 2.00. The van der Waals surface area contributed by atoms with E-state index in [1.165, 1.54) is 25.9 Å². The summed E-state index contributed by atoms with van der Waals surface area (Å²) in [6.45, 7) is 10.5. The second-order valence-electron chi connectivity index (χ2n) is 4.49. The van der Waals surface area contributed by atoms with E-state index in [2.05, 4.69) is 29.8 Å². The van der Waals surface area contributed by atoms with Crippen LogP contribution in [0.2, 0.25) is 0 Å². The number of rotatable bonds is 10. The lowest BCUT2D eigenvalue weighted by molar-refractivity contribution is -0.135. The van der Waals surface area contributed by atoms with E-state index in [-0.39, 0.29) is 6.54 Å². The smallest absolute Gasteiger partial charge is 0.466 e. The van der Waals surface area contributed by atoms with Gasteiger partial charge in [0.15, 0.2) is 0 Å². The van der Waals surface area contributed by atoms with Crippen LogP contribution in [0.5, 0.6) is 0 Å². The highest BCUT2D eigenvalue weighted by Crippen LogP contribution is 2.25. The van der Waals surface area contributed by atoms with Crippen LogP contribution in [0.1, 0.15) is 26.7 Å². The fraction of sp³-hybridized carbons (Fsp3) is 0.917. The van der Waals surface area contributed by atoms with Gasteiger partial charge < -0.3 is 41.5 Å². The lowest BCUT2D eigenvalue weighted by Crippen LogP contribution is -2.35. The van der Waals surface area contributed by atoms with Crippen LogP contribution in [0.4, 0.5) is 0 Å². The Morgan fingerprint density at radius 3 is 1.70 bits per heavy atom. The molecule has 0 aromatic rings. The Morgan fingerprint density at radius 2 is 1.43 bits per heavy atom. The maximum atomic E-state index is 9.24. The van der Waals surface area contributed by atoms with Gasteiger partial charge in [0.1, 0.15) is 0 Å². The van der Waals surface area contributed by atoms with E-state index in [4.69, 9.17) is 30.1 Å². The number of carboxylic acid groups (broad SMARTS) is 1. The van der Waals surface area contributed by atoms with Crippen LogP contribution in [0.3, 0.4) is 0 Å². The molecule has 0 unspecified atom stereocenters. The van der Waals surface area contributed by atoms with Crippen molar-refractivity contribution in [3.8, 4) is 0 Å². The number of hydrogen-bond donors (Lipinski definition) is 7. The average molecular weight is 360 g/mol. The van der Waals surface area contributed by atoms with Crippen LogP contribution in [-0.2, 0) is 9.36 Å². The Labute approximate surface area is 138 Å². The number of nitrogens with zero attached hydrogens (tertiary/aromatic N) is 1. The molecule has 0 spiro atoms. The van der Waals surface area contributed by atoms with E-state index < -0.39 is 13.8 Å². The van der Waals surface area contributed by atoms with E-state index in [1.54, 1.807) is 0 Å². The van der Waals surface area contributed by atoms with E-state index in [1.807, 2.05) is 0 Å². The second-order valence-corrected chi connectivity index (χ2v) is 5.52. The lowest BCUT2D eigenvalue weighted by Gasteiger charge is -2.20. The van der Waals surface area contributed by atoms with E-state index in [0.29, 0.717) is 0 Å². The van der Waals surface area contributed by atoms with Crippen molar-refractivity contribution in [2.75, 3.05) is 45.8 Å². The monoisotopic (exact) mass is 360 g/mol. The minimum atomic E-state index is -4.64. The summed E-state index contributed by atoms with van der Waals surface area (Å²) in [4.78, 5) is 33.3. The van der Waals surface area contributed by atoms with Gasteiger partial charge in [-0.05, 0) is 25.9 Å². The zero-order valence-electron chi connectivity index (χ0n) is 14.0. The summed E-state index contributed by atoms with van der Waals surface area (Å²) in [5.74, 6) is -0.968. The number of carboxylic acids is 1. The molecule has 142 valence electrons. The third-order valence-electron chi connectivity index (χ3n) is 2.18. The molecule has 0 rings (SSSR count). The summed E-state index contributed by atoms with van der Waals surface area (Å²) < 4.78 is 8.88. The number of carbonyl (C=O) groups is 1. The van der Waals surface area contributed by atoms with Crippen LogP contribution >= 0.6 is 7.82 Å². The van der Waals surface area contributed by atoms with Crippen LogP contribution in [0, 0.1) is 0 Å². The number of hydrogen-bond acceptors (Lipinski definition) is 6. The Bertz CT molecular complexity index is 289. The van der Waals surface area contributed by atoms with Crippen LogP contribution in [0.15, 0.2) is 0 Å². The van der Waals surface area contributed by atoms with E-state index >= 15 is 0 Å². The minimum absolute atomic E-state index is 0.278. The third-order valence-corrected chi connectivity index (χ3v) is 2.18. The quantitative estimate of drug-likeness (QED) is 0.184. The second kappa shape index (κ2) is 19.5. The first kappa shape index (κ1) is 27.3. The maximum Gasteiger partial charge on any atom is 0.466 e. The molecule has 0 bridgehead atoms. The number of nitrogens with two attached hydrogens (primary N) is 2. The molecule has 0 amide bonds. The predicted octanol–water partition coefficient (Wildman–Crippen LogP) is -1.24. The Kier molecular flexibility index (Phi) is 23.1. The maximum absolute atomic E-state index is 9.24. The van der Waals surface area contributed by atoms with Gasteiger partial charge in [0.25, 0.3) is 0 Å². The average Bonchev–Trinajstić information content (AvgIpc) is 2.43.